The van der Waals surface area contributed by atoms with Crippen LogP contribution in [-0.2, 0) is 4.74 Å². The van der Waals surface area contributed by atoms with Crippen LogP contribution in [0.1, 0.15) is 10.4 Å². The van der Waals surface area contributed by atoms with Crippen molar-refractivity contribution in [3.05, 3.63) is 23.8 Å². The highest BCUT2D eigenvalue weighted by molar-refractivity contribution is 5.80. The van der Waals surface area contributed by atoms with Gasteiger partial charge in [0.05, 0.1) is 19.3 Å². The van der Waals surface area contributed by atoms with E-state index in [-0.39, 0.29) is 13.2 Å². The minimum atomic E-state index is -0.721. The predicted octanol–water partition coefficient (Wildman–Crippen LogP) is 0.894. The van der Waals surface area contributed by atoms with Crippen LogP contribution in [0.4, 0.5) is 0 Å². The second-order valence-electron chi connectivity index (χ2n) is 3.44. The molecule has 0 aliphatic carbocycles. The van der Waals surface area contributed by atoms with E-state index in [1.165, 1.54) is 14.2 Å². The zero-order valence-corrected chi connectivity index (χ0v) is 9.88. The van der Waals surface area contributed by atoms with Crippen molar-refractivity contribution in [1.82, 2.24) is 0 Å². The molecule has 0 fully saturated rings. The normalized spacial score (nSPS) is 11.9. The first-order chi connectivity index (χ1) is 8.21. The summed E-state index contributed by atoms with van der Waals surface area (Å²) in [4.78, 5) is 10.8. The predicted molar refractivity (Wildman–Crippen MR) is 61.8 cm³/mol. The Balaban J connectivity index is 2.67. The Morgan fingerprint density at radius 2 is 2.12 bits per heavy atom. The van der Waals surface area contributed by atoms with Crippen molar-refractivity contribution in [2.45, 2.75) is 6.10 Å². The van der Waals surface area contributed by atoms with Gasteiger partial charge in [0.2, 0.25) is 0 Å². The number of aliphatic hydroxyl groups excluding tert-OH is 1. The molecule has 0 amide bonds. The van der Waals surface area contributed by atoms with Crippen molar-refractivity contribution < 1.29 is 24.1 Å². The maximum absolute atomic E-state index is 10.8. The number of aldehydes is 1. The molecule has 1 rings (SSSR count). The van der Waals surface area contributed by atoms with Crippen molar-refractivity contribution >= 4 is 6.29 Å². The Bertz CT molecular complexity index is 364. The molecule has 5 nitrogen and oxygen atoms in total. The lowest BCUT2D eigenvalue weighted by Crippen LogP contribution is -2.22. The number of carbonyl (C=O) groups is 1. The summed E-state index contributed by atoms with van der Waals surface area (Å²) in [5.74, 6) is 0.993. The molecule has 94 valence electrons. The minimum Gasteiger partial charge on any atom is -0.497 e. The van der Waals surface area contributed by atoms with Gasteiger partial charge in [0.1, 0.15) is 24.2 Å². The fraction of sp³-hybridized carbons (Fsp3) is 0.417. The van der Waals surface area contributed by atoms with E-state index in [1.807, 2.05) is 0 Å². The second-order valence-corrected chi connectivity index (χ2v) is 3.44. The van der Waals surface area contributed by atoms with Crippen LogP contribution in [0.15, 0.2) is 18.2 Å². The fourth-order valence-electron chi connectivity index (χ4n) is 1.30. The van der Waals surface area contributed by atoms with Gasteiger partial charge in [0.15, 0.2) is 6.29 Å². The number of benzene rings is 1. The summed E-state index contributed by atoms with van der Waals surface area (Å²) in [7, 11) is 3.01. The first-order valence-electron chi connectivity index (χ1n) is 5.14. The molecule has 1 atom stereocenters. The molecule has 0 saturated heterocycles. The Morgan fingerprint density at radius 3 is 2.71 bits per heavy atom. The summed E-state index contributed by atoms with van der Waals surface area (Å²) in [6.45, 7) is 0.258. The first kappa shape index (κ1) is 13.5. The number of methoxy groups -OCH3 is 2. The van der Waals surface area contributed by atoms with Gasteiger partial charge in [-0.25, -0.2) is 0 Å². The topological polar surface area (TPSA) is 65.0 Å². The summed E-state index contributed by atoms with van der Waals surface area (Å²) in [5.41, 5.74) is 0.383. The van der Waals surface area contributed by atoms with Gasteiger partial charge in [-0.05, 0) is 18.2 Å². The van der Waals surface area contributed by atoms with Crippen LogP contribution in [-0.4, -0.2) is 44.9 Å². The lowest BCUT2D eigenvalue weighted by Gasteiger charge is -2.13. The second kappa shape index (κ2) is 6.88. The highest BCUT2D eigenvalue weighted by Gasteiger charge is 2.08. The maximum atomic E-state index is 10.8. The molecule has 0 aliphatic heterocycles. The summed E-state index contributed by atoms with van der Waals surface area (Å²) in [5, 5.41) is 9.41. The first-order valence-corrected chi connectivity index (χ1v) is 5.14. The fourth-order valence-corrected chi connectivity index (χ4v) is 1.30. The van der Waals surface area contributed by atoms with Crippen LogP contribution in [0.3, 0.4) is 0 Å². The number of carbonyl (C=O) groups excluding carboxylic acids is 1. The molecule has 1 N–H and O–H groups in total. The van der Waals surface area contributed by atoms with Crippen LogP contribution < -0.4 is 9.47 Å². The minimum absolute atomic E-state index is 0.0704. The SMILES string of the molecule is COCC(O)COc1ccc(OC)cc1C=O. The molecule has 0 radical (unpaired) electrons. The standard InChI is InChI=1S/C12H16O5/c1-15-7-10(14)8-17-12-4-3-11(16-2)5-9(12)6-13/h3-6,10,14H,7-8H2,1-2H3. The molecule has 17 heavy (non-hydrogen) atoms. The Labute approximate surface area is 99.9 Å². The van der Waals surface area contributed by atoms with Gasteiger partial charge >= 0.3 is 0 Å². The molecular weight excluding hydrogens is 224 g/mol. The number of hydrogen-bond donors (Lipinski definition) is 1. The van der Waals surface area contributed by atoms with Crippen molar-refractivity contribution in [1.29, 1.82) is 0 Å². The van der Waals surface area contributed by atoms with Gasteiger partial charge in [0, 0.05) is 7.11 Å². The van der Waals surface area contributed by atoms with Crippen LogP contribution in [0.2, 0.25) is 0 Å². The summed E-state index contributed by atoms with van der Waals surface area (Å²) in [6.07, 6.45) is -0.0396. The highest BCUT2D eigenvalue weighted by atomic mass is 16.5. The van der Waals surface area contributed by atoms with Crippen LogP contribution in [0, 0.1) is 0 Å². The molecule has 0 spiro atoms. The van der Waals surface area contributed by atoms with E-state index in [4.69, 9.17) is 14.2 Å². The van der Waals surface area contributed by atoms with Crippen molar-refractivity contribution in [2.24, 2.45) is 0 Å². The zero-order valence-electron chi connectivity index (χ0n) is 9.88. The van der Waals surface area contributed by atoms with Gasteiger partial charge in [-0.3, -0.25) is 4.79 Å². The smallest absolute Gasteiger partial charge is 0.153 e. The summed E-state index contributed by atoms with van der Waals surface area (Å²) >= 11 is 0. The highest BCUT2D eigenvalue weighted by Crippen LogP contribution is 2.22. The van der Waals surface area contributed by atoms with Crippen molar-refractivity contribution in [3.8, 4) is 11.5 Å². The number of aliphatic hydroxyl groups is 1. The molecule has 0 heterocycles. The molecule has 0 aliphatic rings. The molecule has 1 aromatic carbocycles. The number of hydrogen-bond acceptors (Lipinski definition) is 5. The van der Waals surface area contributed by atoms with Crippen LogP contribution in [0.5, 0.6) is 11.5 Å². The molecule has 0 bridgehead atoms. The monoisotopic (exact) mass is 240 g/mol. The van der Waals surface area contributed by atoms with Crippen molar-refractivity contribution in [3.63, 3.8) is 0 Å². The molecule has 0 aromatic heterocycles. The summed E-state index contributed by atoms with van der Waals surface area (Å²) < 4.78 is 15.1. The molecule has 1 unspecified atom stereocenters. The summed E-state index contributed by atoms with van der Waals surface area (Å²) in [6, 6.07) is 4.89. The number of ether oxygens (including phenoxy) is 3. The third-order valence-corrected chi connectivity index (χ3v) is 2.13. The lowest BCUT2D eigenvalue weighted by atomic mass is 10.2. The molecule has 1 aromatic rings. The van der Waals surface area contributed by atoms with Gasteiger partial charge in [-0.1, -0.05) is 0 Å². The molecule has 0 saturated carbocycles. The Kier molecular flexibility index (Phi) is 5.45. The third-order valence-electron chi connectivity index (χ3n) is 2.13. The maximum Gasteiger partial charge on any atom is 0.153 e. The van der Waals surface area contributed by atoms with E-state index < -0.39 is 6.10 Å². The van der Waals surface area contributed by atoms with E-state index in [2.05, 4.69) is 0 Å². The van der Waals surface area contributed by atoms with E-state index in [9.17, 15) is 9.90 Å². The Morgan fingerprint density at radius 1 is 1.35 bits per heavy atom. The quantitative estimate of drug-likeness (QED) is 0.717. The van der Waals surface area contributed by atoms with E-state index >= 15 is 0 Å². The largest absolute Gasteiger partial charge is 0.497 e. The molecular formula is C12H16O5. The Hall–Kier alpha value is -1.59. The third kappa shape index (κ3) is 4.05. The van der Waals surface area contributed by atoms with Gasteiger partial charge in [0.25, 0.3) is 0 Å². The van der Waals surface area contributed by atoms with Gasteiger partial charge in [-0.2, -0.15) is 0 Å². The van der Waals surface area contributed by atoms with E-state index in [0.717, 1.165) is 0 Å². The average Bonchev–Trinajstić information content (AvgIpc) is 2.36. The van der Waals surface area contributed by atoms with Crippen molar-refractivity contribution in [2.75, 3.05) is 27.4 Å². The zero-order chi connectivity index (χ0) is 12.7. The number of rotatable bonds is 7. The molecule has 5 heteroatoms. The van der Waals surface area contributed by atoms with E-state index in [1.54, 1.807) is 18.2 Å². The average molecular weight is 240 g/mol. The van der Waals surface area contributed by atoms with Gasteiger partial charge in [-0.15, -0.1) is 0 Å². The lowest BCUT2D eigenvalue weighted by molar-refractivity contribution is 0.0323. The van der Waals surface area contributed by atoms with E-state index in [0.29, 0.717) is 23.3 Å². The van der Waals surface area contributed by atoms with Gasteiger partial charge < -0.3 is 19.3 Å². The van der Waals surface area contributed by atoms with Crippen LogP contribution in [0.25, 0.3) is 0 Å². The van der Waals surface area contributed by atoms with Crippen LogP contribution >= 0.6 is 0 Å².